The third kappa shape index (κ3) is 2.18. The van der Waals surface area contributed by atoms with Crippen molar-refractivity contribution in [3.8, 4) is 0 Å². The normalized spacial score (nSPS) is 45.0. The van der Waals surface area contributed by atoms with Crippen LogP contribution in [0.15, 0.2) is 0 Å². The van der Waals surface area contributed by atoms with E-state index in [1.54, 1.807) is 0 Å². The molecule has 1 unspecified atom stereocenters. The summed E-state index contributed by atoms with van der Waals surface area (Å²) in [5, 5.41) is -0.369. The number of ether oxygens (including phenoxy) is 2. The lowest BCUT2D eigenvalue weighted by molar-refractivity contribution is -0.180. The minimum atomic E-state index is -0.369. The molecular formula is C5H12NO2P. The van der Waals surface area contributed by atoms with E-state index in [-0.39, 0.29) is 11.6 Å². The number of hydrogen-bond donors (Lipinski definition) is 1. The van der Waals surface area contributed by atoms with Crippen molar-refractivity contribution in [2.24, 2.45) is 5.73 Å². The van der Waals surface area contributed by atoms with E-state index in [4.69, 9.17) is 15.2 Å². The Kier molecular flexibility index (Phi) is 2.07. The molecule has 0 aliphatic carbocycles. The van der Waals surface area contributed by atoms with Crippen molar-refractivity contribution in [1.29, 1.82) is 0 Å². The molecule has 0 saturated carbocycles. The van der Waals surface area contributed by atoms with Gasteiger partial charge in [0, 0.05) is 0 Å². The summed E-state index contributed by atoms with van der Waals surface area (Å²) in [5.74, 6) is 0. The molecule has 1 fully saturated rings. The number of rotatable bonds is 0. The van der Waals surface area contributed by atoms with Crippen LogP contribution in [0.25, 0.3) is 0 Å². The summed E-state index contributed by atoms with van der Waals surface area (Å²) in [6.07, 6.45) is -0.0952. The smallest absolute Gasteiger partial charge is 0.155 e. The first-order valence-corrected chi connectivity index (χ1v) is 3.49. The fourth-order valence-electron chi connectivity index (χ4n) is 0.635. The van der Waals surface area contributed by atoms with Gasteiger partial charge in [-0.15, -0.1) is 9.24 Å². The van der Waals surface area contributed by atoms with Crippen molar-refractivity contribution < 1.29 is 9.47 Å². The van der Waals surface area contributed by atoms with Gasteiger partial charge >= 0.3 is 0 Å². The zero-order valence-corrected chi connectivity index (χ0v) is 6.62. The van der Waals surface area contributed by atoms with E-state index in [0.29, 0.717) is 13.2 Å². The fraction of sp³-hybridized carbons (Fsp3) is 1.00. The zero-order chi connectivity index (χ0) is 6.91. The molecule has 4 heteroatoms. The Bertz CT molecular complexity index is 97.1. The lowest BCUT2D eigenvalue weighted by atomic mass is 10.3. The van der Waals surface area contributed by atoms with Gasteiger partial charge in [-0.2, -0.15) is 0 Å². The summed E-state index contributed by atoms with van der Waals surface area (Å²) in [5.41, 5.74) is 5.65. The topological polar surface area (TPSA) is 44.5 Å². The average molecular weight is 149 g/mol. The van der Waals surface area contributed by atoms with Gasteiger partial charge in [-0.1, -0.05) is 0 Å². The zero-order valence-electron chi connectivity index (χ0n) is 5.46. The summed E-state index contributed by atoms with van der Waals surface area (Å²) in [6, 6.07) is 0. The van der Waals surface area contributed by atoms with Crippen LogP contribution in [-0.2, 0) is 9.47 Å². The first-order chi connectivity index (χ1) is 4.10. The summed E-state index contributed by atoms with van der Waals surface area (Å²) in [4.78, 5) is 0. The van der Waals surface area contributed by atoms with Crippen LogP contribution in [0, 0.1) is 0 Å². The fourth-order valence-corrected chi connectivity index (χ4v) is 0.827. The second-order valence-electron chi connectivity index (χ2n) is 2.42. The van der Waals surface area contributed by atoms with Gasteiger partial charge < -0.3 is 15.2 Å². The van der Waals surface area contributed by atoms with Gasteiger partial charge in [-0.3, -0.25) is 0 Å². The van der Waals surface area contributed by atoms with E-state index in [2.05, 4.69) is 9.24 Å². The average Bonchev–Trinajstić information content (AvgIpc) is 1.78. The molecule has 9 heavy (non-hydrogen) atoms. The molecule has 0 amide bonds. The van der Waals surface area contributed by atoms with Crippen LogP contribution < -0.4 is 5.73 Å². The van der Waals surface area contributed by atoms with Gasteiger partial charge in [-0.05, 0) is 6.92 Å². The minimum Gasteiger partial charge on any atom is -0.351 e. The quantitative estimate of drug-likeness (QED) is 0.489. The molecule has 1 aliphatic heterocycles. The predicted molar refractivity (Wildman–Crippen MR) is 38.0 cm³/mol. The van der Waals surface area contributed by atoms with E-state index in [1.165, 1.54) is 0 Å². The molecule has 1 rings (SSSR count). The van der Waals surface area contributed by atoms with Crippen LogP contribution in [0.4, 0.5) is 0 Å². The largest absolute Gasteiger partial charge is 0.351 e. The molecule has 2 N–H and O–H groups in total. The molecule has 1 atom stereocenters. The number of nitrogens with two attached hydrogens (primary N) is 1. The maximum absolute atomic E-state index is 5.65. The van der Waals surface area contributed by atoms with Gasteiger partial charge in [0.1, 0.15) is 0 Å². The van der Waals surface area contributed by atoms with Gasteiger partial charge in [0.2, 0.25) is 0 Å². The second-order valence-corrected chi connectivity index (χ2v) is 3.57. The van der Waals surface area contributed by atoms with E-state index in [9.17, 15) is 0 Å². The monoisotopic (exact) mass is 149 g/mol. The van der Waals surface area contributed by atoms with Gasteiger partial charge in [0.15, 0.2) is 6.29 Å². The summed E-state index contributed by atoms with van der Waals surface area (Å²) < 4.78 is 10.2. The van der Waals surface area contributed by atoms with Gasteiger partial charge in [0.05, 0.1) is 18.5 Å². The van der Waals surface area contributed by atoms with Crippen molar-refractivity contribution in [1.82, 2.24) is 0 Å². The van der Waals surface area contributed by atoms with Crippen molar-refractivity contribution in [3.05, 3.63) is 0 Å². The lowest BCUT2D eigenvalue weighted by Crippen LogP contribution is -2.48. The third-order valence-electron chi connectivity index (χ3n) is 1.17. The molecule has 0 radical (unpaired) electrons. The van der Waals surface area contributed by atoms with Crippen molar-refractivity contribution in [3.63, 3.8) is 0 Å². The molecule has 0 aromatic carbocycles. The molecular weight excluding hydrogens is 137 g/mol. The molecule has 3 nitrogen and oxygen atoms in total. The van der Waals surface area contributed by atoms with Crippen LogP contribution >= 0.6 is 9.24 Å². The predicted octanol–water partition coefficient (Wildman–Crippen LogP) is -0.0907. The van der Waals surface area contributed by atoms with Crippen molar-refractivity contribution in [2.75, 3.05) is 13.2 Å². The van der Waals surface area contributed by atoms with Crippen molar-refractivity contribution >= 4 is 9.24 Å². The van der Waals surface area contributed by atoms with Crippen LogP contribution in [-0.4, -0.2) is 24.8 Å². The van der Waals surface area contributed by atoms with Crippen molar-refractivity contribution in [2.45, 2.75) is 18.5 Å². The molecule has 1 heterocycles. The Balaban J connectivity index is 2.35. The first-order valence-electron chi connectivity index (χ1n) is 2.91. The highest BCUT2D eigenvalue weighted by molar-refractivity contribution is 7.18. The Labute approximate surface area is 57.1 Å². The Morgan fingerprint density at radius 1 is 1.56 bits per heavy atom. The molecule has 1 saturated heterocycles. The molecule has 1 aliphatic rings. The van der Waals surface area contributed by atoms with Crippen LogP contribution in [0.5, 0.6) is 0 Å². The minimum absolute atomic E-state index is 0.0952. The highest BCUT2D eigenvalue weighted by Crippen LogP contribution is 2.18. The van der Waals surface area contributed by atoms with Crippen LogP contribution in [0.2, 0.25) is 0 Å². The highest BCUT2D eigenvalue weighted by atomic mass is 31.0. The summed E-state index contributed by atoms with van der Waals surface area (Å²) in [6.45, 7) is 2.97. The Morgan fingerprint density at radius 3 is 2.33 bits per heavy atom. The van der Waals surface area contributed by atoms with E-state index in [1.807, 2.05) is 6.92 Å². The SMILES string of the molecule is CC1OCC(N)(P)CO1. The number of hydrogen-bond acceptors (Lipinski definition) is 3. The molecule has 0 aromatic rings. The maximum atomic E-state index is 5.65. The first kappa shape index (κ1) is 7.42. The van der Waals surface area contributed by atoms with Gasteiger partial charge in [-0.25, -0.2) is 0 Å². The van der Waals surface area contributed by atoms with E-state index < -0.39 is 0 Å². The summed E-state index contributed by atoms with van der Waals surface area (Å²) >= 11 is 0. The maximum Gasteiger partial charge on any atom is 0.155 e. The molecule has 0 bridgehead atoms. The van der Waals surface area contributed by atoms with E-state index in [0.717, 1.165) is 0 Å². The molecule has 0 spiro atoms. The molecule has 0 aromatic heterocycles. The highest BCUT2D eigenvalue weighted by Gasteiger charge is 2.26. The third-order valence-corrected chi connectivity index (χ3v) is 1.51. The van der Waals surface area contributed by atoms with E-state index >= 15 is 0 Å². The Hall–Kier alpha value is 0.310. The second kappa shape index (κ2) is 2.51. The standard InChI is InChI=1S/C5H12NO2P/c1-4-7-2-5(6,9)3-8-4/h4H,2-3,6,9H2,1H3. The Morgan fingerprint density at radius 2 is 2.00 bits per heavy atom. The molecule has 54 valence electrons. The van der Waals surface area contributed by atoms with Gasteiger partial charge in [0.25, 0.3) is 0 Å². The van der Waals surface area contributed by atoms with Crippen LogP contribution in [0.3, 0.4) is 0 Å². The summed E-state index contributed by atoms with van der Waals surface area (Å²) in [7, 11) is 2.51. The lowest BCUT2D eigenvalue weighted by Gasteiger charge is -2.32. The van der Waals surface area contributed by atoms with Crippen LogP contribution in [0.1, 0.15) is 6.92 Å².